The molecule has 0 aliphatic heterocycles. The van der Waals surface area contributed by atoms with E-state index in [0.717, 1.165) is 16.5 Å². The third-order valence-corrected chi connectivity index (χ3v) is 2.41. The molecular formula is C13H12N2O2. The molecular weight excluding hydrogens is 216 g/mol. The van der Waals surface area contributed by atoms with Crippen LogP contribution in [0.3, 0.4) is 0 Å². The molecule has 1 aromatic carbocycles. The molecule has 4 nitrogen and oxygen atoms in total. The van der Waals surface area contributed by atoms with Crippen molar-refractivity contribution in [3.8, 4) is 11.8 Å². The van der Waals surface area contributed by atoms with Gasteiger partial charge in [-0.25, -0.2) is 4.79 Å². The molecule has 0 saturated carbocycles. The summed E-state index contributed by atoms with van der Waals surface area (Å²) in [4.78, 5) is 14.7. The van der Waals surface area contributed by atoms with Crippen LogP contribution in [0, 0.1) is 11.8 Å². The van der Waals surface area contributed by atoms with Gasteiger partial charge in [0.1, 0.15) is 0 Å². The first-order valence-corrected chi connectivity index (χ1v) is 5.14. The van der Waals surface area contributed by atoms with Crippen molar-refractivity contribution in [2.24, 2.45) is 5.73 Å². The molecule has 0 fully saturated rings. The predicted octanol–water partition coefficient (Wildman–Crippen LogP) is 1.26. The molecule has 1 aromatic heterocycles. The number of aromatic amines is 1. The zero-order valence-electron chi connectivity index (χ0n) is 9.41. The topological polar surface area (TPSA) is 68.1 Å². The van der Waals surface area contributed by atoms with Crippen molar-refractivity contribution < 1.29 is 9.53 Å². The van der Waals surface area contributed by atoms with Gasteiger partial charge in [-0.1, -0.05) is 11.8 Å². The average Bonchev–Trinajstić information content (AvgIpc) is 2.82. The second-order valence-electron chi connectivity index (χ2n) is 3.46. The van der Waals surface area contributed by atoms with Crippen LogP contribution in [0.4, 0.5) is 0 Å². The molecule has 0 aliphatic carbocycles. The third-order valence-electron chi connectivity index (χ3n) is 2.41. The van der Waals surface area contributed by atoms with E-state index in [9.17, 15) is 4.79 Å². The normalized spacial score (nSPS) is 9.76. The van der Waals surface area contributed by atoms with Crippen LogP contribution in [0.5, 0.6) is 0 Å². The van der Waals surface area contributed by atoms with Gasteiger partial charge in [0.15, 0.2) is 0 Å². The lowest BCUT2D eigenvalue weighted by atomic mass is 10.1. The smallest absolute Gasteiger partial charge is 0.338 e. The number of hydrogen-bond acceptors (Lipinski definition) is 3. The molecule has 2 aromatic rings. The van der Waals surface area contributed by atoms with Crippen LogP contribution in [0.15, 0.2) is 24.4 Å². The number of fused-ring (bicyclic) bond motifs is 1. The Hall–Kier alpha value is -2.25. The van der Waals surface area contributed by atoms with Gasteiger partial charge in [0.2, 0.25) is 0 Å². The Morgan fingerprint density at radius 1 is 1.53 bits per heavy atom. The quantitative estimate of drug-likeness (QED) is 0.570. The van der Waals surface area contributed by atoms with E-state index in [1.165, 1.54) is 7.11 Å². The average molecular weight is 228 g/mol. The fraction of sp³-hybridized carbons (Fsp3) is 0.154. The third kappa shape index (κ3) is 2.14. The van der Waals surface area contributed by atoms with E-state index in [0.29, 0.717) is 5.56 Å². The number of H-pyrrole nitrogens is 1. The van der Waals surface area contributed by atoms with Crippen LogP contribution in [-0.2, 0) is 4.74 Å². The highest BCUT2D eigenvalue weighted by atomic mass is 16.5. The second kappa shape index (κ2) is 4.73. The Morgan fingerprint density at radius 3 is 3.06 bits per heavy atom. The summed E-state index contributed by atoms with van der Waals surface area (Å²) >= 11 is 0. The highest BCUT2D eigenvalue weighted by molar-refractivity contribution is 6.04. The van der Waals surface area contributed by atoms with Crippen molar-refractivity contribution in [1.82, 2.24) is 4.98 Å². The lowest BCUT2D eigenvalue weighted by molar-refractivity contribution is 0.0603. The van der Waals surface area contributed by atoms with Crippen molar-refractivity contribution in [3.63, 3.8) is 0 Å². The minimum absolute atomic E-state index is 0.288. The molecule has 2 rings (SSSR count). The second-order valence-corrected chi connectivity index (χ2v) is 3.46. The number of ether oxygens (including phenoxy) is 1. The van der Waals surface area contributed by atoms with Crippen LogP contribution >= 0.6 is 0 Å². The number of nitrogens with one attached hydrogen (secondary N) is 1. The first kappa shape index (κ1) is 11.2. The summed E-state index contributed by atoms with van der Waals surface area (Å²) in [6.45, 7) is 0.288. The molecule has 0 saturated heterocycles. The number of benzene rings is 1. The number of carbonyl (C=O) groups is 1. The zero-order valence-corrected chi connectivity index (χ0v) is 9.41. The van der Waals surface area contributed by atoms with Crippen LogP contribution in [0.1, 0.15) is 15.9 Å². The van der Waals surface area contributed by atoms with Gasteiger partial charge in [0.05, 0.1) is 19.2 Å². The summed E-state index contributed by atoms with van der Waals surface area (Å²) in [5, 5.41) is 0.829. The molecule has 0 aliphatic rings. The maximum atomic E-state index is 11.6. The van der Waals surface area contributed by atoms with Gasteiger partial charge in [-0.3, -0.25) is 0 Å². The molecule has 0 bridgehead atoms. The molecule has 3 N–H and O–H groups in total. The molecule has 0 unspecified atom stereocenters. The van der Waals surface area contributed by atoms with Crippen molar-refractivity contribution >= 4 is 16.9 Å². The molecule has 17 heavy (non-hydrogen) atoms. The number of rotatable bonds is 1. The highest BCUT2D eigenvalue weighted by Gasteiger charge is 2.12. The van der Waals surface area contributed by atoms with Crippen LogP contribution in [0.2, 0.25) is 0 Å². The van der Waals surface area contributed by atoms with E-state index >= 15 is 0 Å². The minimum Gasteiger partial charge on any atom is -0.465 e. The number of esters is 1. The first-order chi connectivity index (χ1) is 8.26. The Morgan fingerprint density at radius 2 is 2.35 bits per heavy atom. The Labute approximate surface area is 98.8 Å². The minimum atomic E-state index is -0.369. The Kier molecular flexibility index (Phi) is 3.12. The predicted molar refractivity (Wildman–Crippen MR) is 65.6 cm³/mol. The highest BCUT2D eigenvalue weighted by Crippen LogP contribution is 2.20. The largest absolute Gasteiger partial charge is 0.465 e. The first-order valence-electron chi connectivity index (χ1n) is 5.14. The van der Waals surface area contributed by atoms with Gasteiger partial charge in [0, 0.05) is 22.7 Å². The zero-order chi connectivity index (χ0) is 12.3. The van der Waals surface area contributed by atoms with E-state index in [2.05, 4.69) is 16.8 Å². The summed E-state index contributed by atoms with van der Waals surface area (Å²) in [6, 6.07) is 5.43. The van der Waals surface area contributed by atoms with Crippen LogP contribution < -0.4 is 5.73 Å². The summed E-state index contributed by atoms with van der Waals surface area (Å²) in [6.07, 6.45) is 1.78. The van der Waals surface area contributed by atoms with Crippen molar-refractivity contribution in [3.05, 3.63) is 35.5 Å². The lowest BCUT2D eigenvalue weighted by Crippen LogP contribution is -2.02. The number of nitrogens with two attached hydrogens (primary N) is 1. The lowest BCUT2D eigenvalue weighted by Gasteiger charge is -2.02. The molecule has 4 heteroatoms. The van der Waals surface area contributed by atoms with Crippen LogP contribution in [-0.4, -0.2) is 24.6 Å². The van der Waals surface area contributed by atoms with E-state index in [1.807, 2.05) is 12.1 Å². The van der Waals surface area contributed by atoms with Crippen LogP contribution in [0.25, 0.3) is 10.9 Å². The van der Waals surface area contributed by atoms with E-state index in [4.69, 9.17) is 10.5 Å². The number of carbonyl (C=O) groups excluding carboxylic acids is 1. The Bertz CT molecular complexity index is 617. The van der Waals surface area contributed by atoms with Gasteiger partial charge in [-0.05, 0) is 18.2 Å². The van der Waals surface area contributed by atoms with Gasteiger partial charge in [-0.15, -0.1) is 0 Å². The van der Waals surface area contributed by atoms with Crippen molar-refractivity contribution in [2.75, 3.05) is 13.7 Å². The van der Waals surface area contributed by atoms with Crippen molar-refractivity contribution in [2.45, 2.75) is 0 Å². The number of methoxy groups -OCH3 is 1. The SMILES string of the molecule is COC(=O)c1cc(C#CCN)cc2[nH]ccc12. The van der Waals surface area contributed by atoms with E-state index in [-0.39, 0.29) is 12.5 Å². The molecule has 0 atom stereocenters. The van der Waals surface area contributed by atoms with Crippen molar-refractivity contribution in [1.29, 1.82) is 0 Å². The molecule has 1 heterocycles. The molecule has 0 radical (unpaired) electrons. The van der Waals surface area contributed by atoms with Gasteiger partial charge in [0.25, 0.3) is 0 Å². The summed E-state index contributed by atoms with van der Waals surface area (Å²) in [5.41, 5.74) is 7.42. The summed E-state index contributed by atoms with van der Waals surface area (Å²) in [5.74, 6) is 5.29. The van der Waals surface area contributed by atoms with E-state index < -0.39 is 0 Å². The summed E-state index contributed by atoms with van der Waals surface area (Å²) in [7, 11) is 1.36. The standard InChI is InChI=1S/C13H12N2O2/c1-17-13(16)11-7-9(3-2-5-14)8-12-10(11)4-6-15-12/h4,6-8,15H,5,14H2,1H3. The van der Waals surface area contributed by atoms with Gasteiger partial charge in [-0.2, -0.15) is 0 Å². The molecule has 0 amide bonds. The Balaban J connectivity index is 2.62. The maximum absolute atomic E-state index is 11.6. The number of hydrogen-bond donors (Lipinski definition) is 2. The van der Waals surface area contributed by atoms with Gasteiger partial charge < -0.3 is 15.5 Å². The monoisotopic (exact) mass is 228 g/mol. The van der Waals surface area contributed by atoms with Gasteiger partial charge >= 0.3 is 5.97 Å². The molecule has 0 spiro atoms. The fourth-order valence-corrected chi connectivity index (χ4v) is 1.67. The fourth-order valence-electron chi connectivity index (χ4n) is 1.67. The van der Waals surface area contributed by atoms with E-state index in [1.54, 1.807) is 12.3 Å². The maximum Gasteiger partial charge on any atom is 0.338 e. The summed E-state index contributed by atoms with van der Waals surface area (Å²) < 4.78 is 4.75. The number of aromatic nitrogens is 1. The molecule has 86 valence electrons.